The smallest absolute Gasteiger partial charge is 0.407 e. The standard InChI is InChI=1S/C24H34N2O4/c1-21(2,3)29-20(28)25-14-24-9-7-16(27)11-18(24)23(6)12-15-13-26-30-19(15)22(4,5)17(23)8-10-24/h11,13,17H,7-10,12,14H2,1-6H3,(H,25,28)/t17-,23-,24+/m0/s1. The molecule has 1 heterocycles. The topological polar surface area (TPSA) is 81.4 Å². The predicted molar refractivity (Wildman–Crippen MR) is 113 cm³/mol. The van der Waals surface area contributed by atoms with E-state index in [0.29, 0.717) is 18.9 Å². The molecule has 0 bridgehead atoms. The zero-order valence-corrected chi connectivity index (χ0v) is 19.1. The van der Waals surface area contributed by atoms with Gasteiger partial charge in [0.1, 0.15) is 11.4 Å². The number of carbonyl (C=O) groups is 2. The molecule has 0 saturated heterocycles. The number of nitrogens with one attached hydrogen (secondary N) is 1. The van der Waals surface area contributed by atoms with E-state index in [-0.39, 0.29) is 22.0 Å². The van der Waals surface area contributed by atoms with Gasteiger partial charge in [0.2, 0.25) is 0 Å². The van der Waals surface area contributed by atoms with Gasteiger partial charge in [0, 0.05) is 29.4 Å². The molecular weight excluding hydrogens is 380 g/mol. The average molecular weight is 415 g/mol. The van der Waals surface area contributed by atoms with E-state index in [0.717, 1.165) is 37.0 Å². The fraction of sp³-hybridized carbons (Fsp3) is 0.708. The Bertz CT molecular complexity index is 907. The van der Waals surface area contributed by atoms with Crippen LogP contribution in [0.15, 0.2) is 22.4 Å². The molecule has 3 atom stereocenters. The maximum atomic E-state index is 12.5. The lowest BCUT2D eigenvalue weighted by molar-refractivity contribution is -0.116. The number of nitrogens with zero attached hydrogens (tertiary/aromatic N) is 1. The Morgan fingerprint density at radius 1 is 1.30 bits per heavy atom. The fourth-order valence-corrected chi connectivity index (χ4v) is 6.52. The number of hydrogen-bond acceptors (Lipinski definition) is 5. The van der Waals surface area contributed by atoms with Crippen LogP contribution in [0.4, 0.5) is 4.79 Å². The molecule has 1 aromatic rings. The molecule has 1 aromatic heterocycles. The summed E-state index contributed by atoms with van der Waals surface area (Å²) >= 11 is 0. The zero-order chi connectivity index (χ0) is 21.9. The van der Waals surface area contributed by atoms with E-state index < -0.39 is 11.7 Å². The highest BCUT2D eigenvalue weighted by Crippen LogP contribution is 2.64. The number of allylic oxidation sites excluding steroid dienone is 1. The number of alkyl carbamates (subject to hydrolysis) is 1. The van der Waals surface area contributed by atoms with E-state index in [1.54, 1.807) is 0 Å². The molecular formula is C24H34N2O4. The summed E-state index contributed by atoms with van der Waals surface area (Å²) in [7, 11) is 0. The molecule has 164 valence electrons. The normalized spacial score (nSPS) is 32.4. The van der Waals surface area contributed by atoms with Gasteiger partial charge in [0.25, 0.3) is 0 Å². The fourth-order valence-electron chi connectivity index (χ4n) is 6.52. The summed E-state index contributed by atoms with van der Waals surface area (Å²) in [4.78, 5) is 24.9. The van der Waals surface area contributed by atoms with E-state index in [4.69, 9.17) is 9.26 Å². The SMILES string of the molecule is CC(C)(C)OC(=O)NC[C@]12CCC(=O)C=C1[C@@]1(C)Cc3cnoc3C(C)(C)[C@@H]1CC2. The van der Waals surface area contributed by atoms with Crippen LogP contribution in [0.2, 0.25) is 0 Å². The van der Waals surface area contributed by atoms with Gasteiger partial charge in [0.05, 0.1) is 6.20 Å². The van der Waals surface area contributed by atoms with Crippen molar-refractivity contribution in [3.8, 4) is 0 Å². The minimum absolute atomic E-state index is 0.162. The molecule has 0 aliphatic heterocycles. The summed E-state index contributed by atoms with van der Waals surface area (Å²) in [6.07, 6.45) is 7.40. The summed E-state index contributed by atoms with van der Waals surface area (Å²) < 4.78 is 11.1. The van der Waals surface area contributed by atoms with E-state index in [1.165, 1.54) is 5.57 Å². The second-order valence-electron chi connectivity index (χ2n) is 11.2. The quantitative estimate of drug-likeness (QED) is 0.757. The summed E-state index contributed by atoms with van der Waals surface area (Å²) in [6.45, 7) is 12.8. The molecule has 6 nitrogen and oxygen atoms in total. The number of ketones is 1. The number of carbonyl (C=O) groups excluding carboxylic acids is 2. The highest BCUT2D eigenvalue weighted by molar-refractivity contribution is 5.92. The lowest BCUT2D eigenvalue weighted by Gasteiger charge is -2.60. The van der Waals surface area contributed by atoms with Crippen molar-refractivity contribution in [3.05, 3.63) is 29.2 Å². The molecule has 30 heavy (non-hydrogen) atoms. The number of fused-ring (bicyclic) bond motifs is 4. The Balaban J connectivity index is 1.69. The van der Waals surface area contributed by atoms with Crippen molar-refractivity contribution in [2.45, 2.75) is 84.7 Å². The lowest BCUT2D eigenvalue weighted by Crippen LogP contribution is -2.57. The van der Waals surface area contributed by atoms with Crippen molar-refractivity contribution in [1.29, 1.82) is 0 Å². The first-order valence-corrected chi connectivity index (χ1v) is 11.0. The maximum absolute atomic E-state index is 12.5. The van der Waals surface area contributed by atoms with Crippen LogP contribution in [0.25, 0.3) is 0 Å². The van der Waals surface area contributed by atoms with Crippen molar-refractivity contribution in [1.82, 2.24) is 10.5 Å². The summed E-state index contributed by atoms with van der Waals surface area (Å²) in [5.41, 5.74) is 1.25. The third-order valence-corrected chi connectivity index (χ3v) is 7.65. The monoisotopic (exact) mass is 414 g/mol. The number of hydrogen-bond donors (Lipinski definition) is 1. The first-order valence-electron chi connectivity index (χ1n) is 11.0. The Hall–Kier alpha value is -2.11. The highest BCUT2D eigenvalue weighted by Gasteiger charge is 2.60. The van der Waals surface area contributed by atoms with Crippen LogP contribution < -0.4 is 5.32 Å². The molecule has 1 fully saturated rings. The van der Waals surface area contributed by atoms with Gasteiger partial charge in [-0.1, -0.05) is 31.5 Å². The molecule has 0 spiro atoms. The van der Waals surface area contributed by atoms with Gasteiger partial charge >= 0.3 is 6.09 Å². The molecule has 1 amide bonds. The van der Waals surface area contributed by atoms with Crippen molar-refractivity contribution in [3.63, 3.8) is 0 Å². The maximum Gasteiger partial charge on any atom is 0.407 e. The van der Waals surface area contributed by atoms with Gasteiger partial charge in [-0.05, 0) is 63.9 Å². The van der Waals surface area contributed by atoms with Crippen LogP contribution in [0.5, 0.6) is 0 Å². The first kappa shape index (κ1) is 21.1. The molecule has 3 aliphatic rings. The molecule has 0 unspecified atom stereocenters. The molecule has 1 saturated carbocycles. The average Bonchev–Trinajstić information content (AvgIpc) is 3.08. The Morgan fingerprint density at radius 2 is 2.03 bits per heavy atom. The van der Waals surface area contributed by atoms with Crippen molar-refractivity contribution < 1.29 is 18.8 Å². The molecule has 3 aliphatic carbocycles. The second-order valence-corrected chi connectivity index (χ2v) is 11.2. The third kappa shape index (κ3) is 3.28. The van der Waals surface area contributed by atoms with Gasteiger partial charge in [-0.3, -0.25) is 4.79 Å². The van der Waals surface area contributed by atoms with Crippen LogP contribution in [0.1, 0.15) is 78.5 Å². The molecule has 0 aromatic carbocycles. The van der Waals surface area contributed by atoms with Gasteiger partial charge < -0.3 is 14.6 Å². The van der Waals surface area contributed by atoms with E-state index in [2.05, 4.69) is 31.2 Å². The summed E-state index contributed by atoms with van der Waals surface area (Å²) in [6, 6.07) is 0. The molecule has 6 heteroatoms. The second kappa shape index (κ2) is 6.69. The number of rotatable bonds is 2. The van der Waals surface area contributed by atoms with Crippen LogP contribution in [-0.2, 0) is 21.4 Å². The first-order chi connectivity index (χ1) is 13.9. The number of aromatic nitrogens is 1. The van der Waals surface area contributed by atoms with Crippen molar-refractivity contribution >= 4 is 11.9 Å². The Labute approximate surface area is 178 Å². The number of ether oxygens (including phenoxy) is 1. The molecule has 4 rings (SSSR count). The third-order valence-electron chi connectivity index (χ3n) is 7.65. The van der Waals surface area contributed by atoms with E-state index in [9.17, 15) is 9.59 Å². The largest absolute Gasteiger partial charge is 0.444 e. The van der Waals surface area contributed by atoms with Gasteiger partial charge in [-0.25, -0.2) is 4.79 Å². The van der Waals surface area contributed by atoms with E-state index in [1.807, 2.05) is 33.0 Å². The van der Waals surface area contributed by atoms with Crippen LogP contribution in [0, 0.1) is 16.7 Å². The molecule has 0 radical (unpaired) electrons. The van der Waals surface area contributed by atoms with Crippen LogP contribution in [-0.4, -0.2) is 29.2 Å². The molecule has 1 N–H and O–H groups in total. The Morgan fingerprint density at radius 3 is 2.73 bits per heavy atom. The minimum Gasteiger partial charge on any atom is -0.444 e. The zero-order valence-electron chi connectivity index (χ0n) is 19.1. The summed E-state index contributed by atoms with van der Waals surface area (Å²) in [5.74, 6) is 1.51. The van der Waals surface area contributed by atoms with E-state index >= 15 is 0 Å². The summed E-state index contributed by atoms with van der Waals surface area (Å²) in [5, 5.41) is 7.10. The number of amides is 1. The van der Waals surface area contributed by atoms with Gasteiger partial charge in [-0.15, -0.1) is 0 Å². The highest BCUT2D eigenvalue weighted by atomic mass is 16.6. The predicted octanol–water partition coefficient (Wildman–Crippen LogP) is 4.73. The van der Waals surface area contributed by atoms with Crippen LogP contribution >= 0.6 is 0 Å². The lowest BCUT2D eigenvalue weighted by atomic mass is 9.44. The van der Waals surface area contributed by atoms with Crippen LogP contribution in [0.3, 0.4) is 0 Å². The Kier molecular flexibility index (Phi) is 4.72. The van der Waals surface area contributed by atoms with Gasteiger partial charge in [-0.2, -0.15) is 0 Å². The minimum atomic E-state index is -0.537. The van der Waals surface area contributed by atoms with Crippen molar-refractivity contribution in [2.75, 3.05) is 6.54 Å². The van der Waals surface area contributed by atoms with Crippen molar-refractivity contribution in [2.24, 2.45) is 16.7 Å². The van der Waals surface area contributed by atoms with Gasteiger partial charge in [0.15, 0.2) is 5.78 Å².